The van der Waals surface area contributed by atoms with Crippen LogP contribution in [0.5, 0.6) is 0 Å². The summed E-state index contributed by atoms with van der Waals surface area (Å²) >= 11 is 0. The summed E-state index contributed by atoms with van der Waals surface area (Å²) in [5, 5.41) is 10.6. The van der Waals surface area contributed by atoms with Crippen LogP contribution in [-0.2, 0) is 12.0 Å². The standard InChI is InChI=1S/C15H24O/c1-5-7-13-8-10-14(11-9-13)15(16,6-2)12(3)4/h8-12,16H,5-7H2,1-4H3. The average molecular weight is 220 g/mol. The monoisotopic (exact) mass is 220 g/mol. The highest BCUT2D eigenvalue weighted by Crippen LogP contribution is 2.32. The Morgan fingerprint density at radius 2 is 1.69 bits per heavy atom. The maximum absolute atomic E-state index is 10.6. The number of rotatable bonds is 5. The van der Waals surface area contributed by atoms with Crippen LogP contribution in [0.3, 0.4) is 0 Å². The second-order valence-electron chi connectivity index (χ2n) is 4.88. The normalized spacial score (nSPS) is 15.1. The molecular formula is C15H24O. The highest BCUT2D eigenvalue weighted by Gasteiger charge is 2.30. The van der Waals surface area contributed by atoms with Crippen LogP contribution in [0.4, 0.5) is 0 Å². The molecule has 0 aliphatic rings. The highest BCUT2D eigenvalue weighted by atomic mass is 16.3. The Bertz CT molecular complexity index is 313. The largest absolute Gasteiger partial charge is 0.385 e. The van der Waals surface area contributed by atoms with Crippen molar-refractivity contribution in [2.45, 2.75) is 52.6 Å². The third-order valence-corrected chi connectivity index (χ3v) is 3.49. The van der Waals surface area contributed by atoms with Crippen molar-refractivity contribution in [2.75, 3.05) is 0 Å². The van der Waals surface area contributed by atoms with E-state index < -0.39 is 5.60 Å². The molecule has 1 heteroatoms. The lowest BCUT2D eigenvalue weighted by Crippen LogP contribution is -2.31. The van der Waals surface area contributed by atoms with Gasteiger partial charge in [-0.2, -0.15) is 0 Å². The van der Waals surface area contributed by atoms with Gasteiger partial charge in [0.25, 0.3) is 0 Å². The van der Waals surface area contributed by atoms with E-state index in [9.17, 15) is 5.11 Å². The van der Waals surface area contributed by atoms with Crippen LogP contribution < -0.4 is 0 Å². The second kappa shape index (κ2) is 5.49. The van der Waals surface area contributed by atoms with E-state index in [0.29, 0.717) is 0 Å². The summed E-state index contributed by atoms with van der Waals surface area (Å²) < 4.78 is 0. The van der Waals surface area contributed by atoms with Gasteiger partial charge in [-0.3, -0.25) is 0 Å². The summed E-state index contributed by atoms with van der Waals surface area (Å²) in [6, 6.07) is 8.44. The first-order valence-electron chi connectivity index (χ1n) is 6.36. The predicted molar refractivity (Wildman–Crippen MR) is 69.5 cm³/mol. The zero-order chi connectivity index (χ0) is 12.2. The lowest BCUT2D eigenvalue weighted by Gasteiger charge is -2.31. The maximum Gasteiger partial charge on any atom is 0.0916 e. The van der Waals surface area contributed by atoms with Gasteiger partial charge < -0.3 is 5.11 Å². The van der Waals surface area contributed by atoms with E-state index in [4.69, 9.17) is 0 Å². The number of benzene rings is 1. The zero-order valence-corrected chi connectivity index (χ0v) is 11.0. The van der Waals surface area contributed by atoms with Gasteiger partial charge in [-0.1, -0.05) is 58.4 Å². The molecule has 1 nitrogen and oxygen atoms in total. The quantitative estimate of drug-likeness (QED) is 0.798. The Labute approximate surface area is 99.5 Å². The first-order chi connectivity index (χ1) is 7.54. The Balaban J connectivity index is 2.95. The Morgan fingerprint density at radius 1 is 1.12 bits per heavy atom. The summed E-state index contributed by atoms with van der Waals surface area (Å²) in [5.41, 5.74) is 1.73. The van der Waals surface area contributed by atoms with E-state index in [1.54, 1.807) is 0 Å². The van der Waals surface area contributed by atoms with E-state index >= 15 is 0 Å². The van der Waals surface area contributed by atoms with Crippen LogP contribution in [0, 0.1) is 5.92 Å². The smallest absolute Gasteiger partial charge is 0.0916 e. The molecule has 1 aromatic carbocycles. The fourth-order valence-corrected chi connectivity index (χ4v) is 2.19. The fraction of sp³-hybridized carbons (Fsp3) is 0.600. The molecule has 0 radical (unpaired) electrons. The van der Waals surface area contributed by atoms with Crippen LogP contribution in [0.15, 0.2) is 24.3 Å². The van der Waals surface area contributed by atoms with Gasteiger partial charge in [-0.05, 0) is 29.9 Å². The molecule has 0 fully saturated rings. The fourth-order valence-electron chi connectivity index (χ4n) is 2.19. The third kappa shape index (κ3) is 2.65. The molecule has 1 atom stereocenters. The zero-order valence-electron chi connectivity index (χ0n) is 11.0. The van der Waals surface area contributed by atoms with E-state index in [1.165, 1.54) is 12.0 Å². The molecule has 1 N–H and O–H groups in total. The van der Waals surface area contributed by atoms with Gasteiger partial charge in [0.15, 0.2) is 0 Å². The number of hydrogen-bond donors (Lipinski definition) is 1. The topological polar surface area (TPSA) is 20.2 Å². The summed E-state index contributed by atoms with van der Waals surface area (Å²) in [5.74, 6) is 0.245. The maximum atomic E-state index is 10.6. The highest BCUT2D eigenvalue weighted by molar-refractivity contribution is 5.27. The lowest BCUT2D eigenvalue weighted by atomic mass is 9.81. The molecule has 0 amide bonds. The molecule has 0 aromatic heterocycles. The van der Waals surface area contributed by atoms with Crippen molar-refractivity contribution in [1.82, 2.24) is 0 Å². The summed E-state index contributed by atoms with van der Waals surface area (Å²) in [6.45, 7) is 8.37. The first-order valence-corrected chi connectivity index (χ1v) is 6.36. The molecule has 1 rings (SSSR count). The van der Waals surface area contributed by atoms with E-state index in [-0.39, 0.29) is 5.92 Å². The van der Waals surface area contributed by atoms with Crippen LogP contribution in [-0.4, -0.2) is 5.11 Å². The molecule has 0 heterocycles. The molecule has 0 spiro atoms. The van der Waals surface area contributed by atoms with E-state index in [0.717, 1.165) is 18.4 Å². The average Bonchev–Trinajstić information content (AvgIpc) is 2.29. The molecule has 0 bridgehead atoms. The Kier molecular flexibility index (Phi) is 4.55. The lowest BCUT2D eigenvalue weighted by molar-refractivity contribution is -0.0140. The van der Waals surface area contributed by atoms with Crippen molar-refractivity contribution in [2.24, 2.45) is 5.92 Å². The Morgan fingerprint density at radius 3 is 2.06 bits per heavy atom. The van der Waals surface area contributed by atoms with E-state index in [2.05, 4.69) is 45.0 Å². The van der Waals surface area contributed by atoms with E-state index in [1.807, 2.05) is 6.92 Å². The van der Waals surface area contributed by atoms with Crippen molar-refractivity contribution in [1.29, 1.82) is 0 Å². The third-order valence-electron chi connectivity index (χ3n) is 3.49. The predicted octanol–water partition coefficient (Wildman–Crippen LogP) is 3.89. The second-order valence-corrected chi connectivity index (χ2v) is 4.88. The van der Waals surface area contributed by atoms with Gasteiger partial charge >= 0.3 is 0 Å². The van der Waals surface area contributed by atoms with Crippen LogP contribution >= 0.6 is 0 Å². The number of hydrogen-bond acceptors (Lipinski definition) is 1. The molecule has 0 saturated heterocycles. The minimum atomic E-state index is -0.676. The number of aryl methyl sites for hydroxylation is 1. The minimum Gasteiger partial charge on any atom is -0.385 e. The first kappa shape index (κ1) is 13.2. The van der Waals surface area contributed by atoms with Gasteiger partial charge in [-0.15, -0.1) is 0 Å². The van der Waals surface area contributed by atoms with Gasteiger partial charge in [0.1, 0.15) is 0 Å². The summed E-state index contributed by atoms with van der Waals surface area (Å²) in [4.78, 5) is 0. The minimum absolute atomic E-state index is 0.245. The van der Waals surface area contributed by atoms with Crippen molar-refractivity contribution in [3.63, 3.8) is 0 Å². The van der Waals surface area contributed by atoms with Crippen molar-refractivity contribution in [3.8, 4) is 0 Å². The van der Waals surface area contributed by atoms with Gasteiger partial charge in [0.2, 0.25) is 0 Å². The van der Waals surface area contributed by atoms with Crippen LogP contribution in [0.25, 0.3) is 0 Å². The molecule has 0 aliphatic heterocycles. The molecule has 1 unspecified atom stereocenters. The molecule has 0 saturated carbocycles. The van der Waals surface area contributed by atoms with Crippen LogP contribution in [0.1, 0.15) is 51.7 Å². The molecule has 1 aromatic rings. The van der Waals surface area contributed by atoms with Crippen LogP contribution in [0.2, 0.25) is 0 Å². The Hall–Kier alpha value is -0.820. The number of aliphatic hydroxyl groups is 1. The van der Waals surface area contributed by atoms with Gasteiger partial charge in [0, 0.05) is 0 Å². The molecule has 16 heavy (non-hydrogen) atoms. The summed E-state index contributed by atoms with van der Waals surface area (Å²) in [7, 11) is 0. The molecule has 90 valence electrons. The van der Waals surface area contributed by atoms with Crippen molar-refractivity contribution in [3.05, 3.63) is 35.4 Å². The summed E-state index contributed by atoms with van der Waals surface area (Å²) in [6.07, 6.45) is 3.05. The van der Waals surface area contributed by atoms with Gasteiger partial charge in [-0.25, -0.2) is 0 Å². The van der Waals surface area contributed by atoms with Crippen molar-refractivity contribution < 1.29 is 5.11 Å². The molecular weight excluding hydrogens is 196 g/mol. The SMILES string of the molecule is CCCc1ccc(C(O)(CC)C(C)C)cc1. The van der Waals surface area contributed by atoms with Gasteiger partial charge in [0.05, 0.1) is 5.60 Å². The van der Waals surface area contributed by atoms with Crippen molar-refractivity contribution >= 4 is 0 Å². The molecule has 0 aliphatic carbocycles.